The highest BCUT2D eigenvalue weighted by Gasteiger charge is 2.27. The number of pyridine rings is 1. The van der Waals surface area contributed by atoms with Crippen molar-refractivity contribution in [3.8, 4) is 0 Å². The van der Waals surface area contributed by atoms with E-state index in [0.717, 1.165) is 30.5 Å². The van der Waals surface area contributed by atoms with Crippen molar-refractivity contribution in [1.82, 2.24) is 23.7 Å². The molecule has 1 saturated heterocycles. The largest absolute Gasteiger partial charge is 0.341 e. The molecule has 1 aromatic carbocycles. The summed E-state index contributed by atoms with van der Waals surface area (Å²) in [7, 11) is 1.61. The van der Waals surface area contributed by atoms with E-state index in [1.165, 1.54) is 21.3 Å². The molecule has 4 heterocycles. The SMILES string of the molecule is Cc1ccc(F)cc1Cn1c(N2CCC[C@@H](N)C2)nc2c1c(=O)n(Cc1ccccn1)c(=O)n2C. The molecule has 1 atom stereocenters. The first-order valence-corrected chi connectivity index (χ1v) is 11.7. The summed E-state index contributed by atoms with van der Waals surface area (Å²) in [5.74, 6) is 0.207. The predicted molar refractivity (Wildman–Crippen MR) is 132 cm³/mol. The second-order valence-corrected chi connectivity index (χ2v) is 9.14. The number of aromatic nitrogens is 5. The summed E-state index contributed by atoms with van der Waals surface area (Å²) in [6.07, 6.45) is 3.43. The van der Waals surface area contributed by atoms with Crippen LogP contribution in [0.4, 0.5) is 10.3 Å². The normalized spacial score (nSPS) is 16.2. The van der Waals surface area contributed by atoms with Gasteiger partial charge in [-0.2, -0.15) is 4.98 Å². The maximum atomic E-state index is 14.1. The fourth-order valence-electron chi connectivity index (χ4n) is 4.72. The minimum absolute atomic E-state index is 0.0162. The van der Waals surface area contributed by atoms with E-state index in [1.807, 2.05) is 13.0 Å². The highest BCUT2D eigenvalue weighted by molar-refractivity contribution is 5.75. The first-order chi connectivity index (χ1) is 16.8. The van der Waals surface area contributed by atoms with Crippen molar-refractivity contribution in [3.63, 3.8) is 0 Å². The molecule has 5 rings (SSSR count). The van der Waals surface area contributed by atoms with Crippen LogP contribution in [0.15, 0.2) is 52.2 Å². The Labute approximate surface area is 201 Å². The molecule has 0 bridgehead atoms. The van der Waals surface area contributed by atoms with Crippen LogP contribution in [-0.2, 0) is 20.1 Å². The van der Waals surface area contributed by atoms with Gasteiger partial charge in [-0.15, -0.1) is 0 Å². The van der Waals surface area contributed by atoms with Gasteiger partial charge in [0.1, 0.15) is 5.82 Å². The number of hydrogen-bond acceptors (Lipinski definition) is 6. The van der Waals surface area contributed by atoms with Crippen LogP contribution < -0.4 is 21.9 Å². The third-order valence-electron chi connectivity index (χ3n) is 6.64. The quantitative estimate of drug-likeness (QED) is 0.470. The van der Waals surface area contributed by atoms with Gasteiger partial charge in [0.15, 0.2) is 11.2 Å². The maximum absolute atomic E-state index is 14.1. The summed E-state index contributed by atoms with van der Waals surface area (Å²) in [6, 6.07) is 9.95. The van der Waals surface area contributed by atoms with Crippen LogP contribution in [0.3, 0.4) is 0 Å². The fourth-order valence-corrected chi connectivity index (χ4v) is 4.72. The second kappa shape index (κ2) is 9.10. The van der Waals surface area contributed by atoms with Crippen LogP contribution in [0, 0.1) is 12.7 Å². The number of imidazole rings is 1. The molecular weight excluding hydrogens is 449 g/mol. The van der Waals surface area contributed by atoms with E-state index in [-0.39, 0.29) is 24.9 Å². The molecule has 35 heavy (non-hydrogen) atoms. The Bertz CT molecular complexity index is 1510. The third kappa shape index (κ3) is 4.25. The minimum atomic E-state index is -0.471. The first-order valence-electron chi connectivity index (χ1n) is 11.7. The Morgan fingerprint density at radius 2 is 1.97 bits per heavy atom. The van der Waals surface area contributed by atoms with E-state index in [9.17, 15) is 14.0 Å². The zero-order valence-electron chi connectivity index (χ0n) is 19.8. The van der Waals surface area contributed by atoms with Crippen LogP contribution in [0.25, 0.3) is 11.2 Å². The Kier molecular flexibility index (Phi) is 5.98. The third-order valence-corrected chi connectivity index (χ3v) is 6.64. The van der Waals surface area contributed by atoms with Crippen LogP contribution >= 0.6 is 0 Å². The molecule has 1 aliphatic rings. The number of aryl methyl sites for hydroxylation is 2. The number of nitrogens with two attached hydrogens (primary N) is 1. The summed E-state index contributed by atoms with van der Waals surface area (Å²) in [4.78, 5) is 38.0. The summed E-state index contributed by atoms with van der Waals surface area (Å²) >= 11 is 0. The molecule has 0 spiro atoms. The van der Waals surface area contributed by atoms with Gasteiger partial charge in [-0.1, -0.05) is 12.1 Å². The number of hydrogen-bond donors (Lipinski definition) is 1. The van der Waals surface area contributed by atoms with Gasteiger partial charge in [0.05, 0.1) is 18.8 Å². The van der Waals surface area contributed by atoms with Crippen LogP contribution in [0.1, 0.15) is 29.7 Å². The zero-order valence-corrected chi connectivity index (χ0v) is 19.8. The number of nitrogens with zero attached hydrogens (tertiary/aromatic N) is 6. The van der Waals surface area contributed by atoms with Crippen molar-refractivity contribution in [1.29, 1.82) is 0 Å². The summed E-state index contributed by atoms with van der Waals surface area (Å²) in [6.45, 7) is 3.49. The highest BCUT2D eigenvalue weighted by Crippen LogP contribution is 2.25. The van der Waals surface area contributed by atoms with Gasteiger partial charge >= 0.3 is 5.69 Å². The number of piperidine rings is 1. The molecule has 182 valence electrons. The monoisotopic (exact) mass is 477 g/mol. The molecule has 10 heteroatoms. The highest BCUT2D eigenvalue weighted by atomic mass is 19.1. The molecule has 0 saturated carbocycles. The van der Waals surface area contributed by atoms with Crippen molar-refractivity contribution in [2.45, 2.75) is 38.9 Å². The summed E-state index contributed by atoms with van der Waals surface area (Å²) in [5.41, 5.74) is 8.13. The standard InChI is InChI=1S/C25H28FN7O2/c1-16-8-9-18(26)12-17(16)13-32-21-22(29-24(32)31-11-5-6-19(27)14-31)30(2)25(35)33(23(21)34)15-20-7-3-4-10-28-20/h3-4,7-10,12,19H,5-6,11,13-15,27H2,1-2H3/t19-/m1/s1. The maximum Gasteiger partial charge on any atom is 0.332 e. The van der Waals surface area contributed by atoms with Gasteiger partial charge in [0, 0.05) is 32.4 Å². The van der Waals surface area contributed by atoms with E-state index < -0.39 is 11.2 Å². The summed E-state index contributed by atoms with van der Waals surface area (Å²) in [5, 5.41) is 0. The second-order valence-electron chi connectivity index (χ2n) is 9.14. The van der Waals surface area contributed by atoms with E-state index in [4.69, 9.17) is 10.7 Å². The van der Waals surface area contributed by atoms with Crippen molar-refractivity contribution >= 4 is 17.1 Å². The topological polar surface area (TPSA) is 104 Å². The Morgan fingerprint density at radius 3 is 2.71 bits per heavy atom. The van der Waals surface area contributed by atoms with E-state index in [2.05, 4.69) is 9.88 Å². The lowest BCUT2D eigenvalue weighted by Gasteiger charge is -2.32. The number of anilines is 1. The van der Waals surface area contributed by atoms with Crippen LogP contribution in [-0.4, -0.2) is 42.8 Å². The Morgan fingerprint density at radius 1 is 1.14 bits per heavy atom. The van der Waals surface area contributed by atoms with Crippen molar-refractivity contribution < 1.29 is 4.39 Å². The van der Waals surface area contributed by atoms with E-state index in [0.29, 0.717) is 29.4 Å². The number of fused-ring (bicyclic) bond motifs is 1. The number of benzene rings is 1. The lowest BCUT2D eigenvalue weighted by atomic mass is 10.1. The zero-order chi connectivity index (χ0) is 24.7. The average molecular weight is 478 g/mol. The predicted octanol–water partition coefficient (Wildman–Crippen LogP) is 1.76. The van der Waals surface area contributed by atoms with Gasteiger partial charge in [-0.05, 0) is 55.2 Å². The van der Waals surface area contributed by atoms with Crippen molar-refractivity contribution in [2.24, 2.45) is 12.8 Å². The average Bonchev–Trinajstić information content (AvgIpc) is 3.23. The van der Waals surface area contributed by atoms with E-state index >= 15 is 0 Å². The molecule has 2 N–H and O–H groups in total. The molecule has 0 radical (unpaired) electrons. The van der Waals surface area contributed by atoms with Gasteiger partial charge in [-0.3, -0.25) is 23.5 Å². The Balaban J connectivity index is 1.74. The minimum Gasteiger partial charge on any atom is -0.341 e. The van der Waals surface area contributed by atoms with Crippen molar-refractivity contribution in [2.75, 3.05) is 18.0 Å². The van der Waals surface area contributed by atoms with E-state index in [1.54, 1.807) is 36.0 Å². The molecule has 9 nitrogen and oxygen atoms in total. The molecular formula is C25H28FN7O2. The van der Waals surface area contributed by atoms with Crippen molar-refractivity contribution in [3.05, 3.63) is 86.1 Å². The lowest BCUT2D eigenvalue weighted by molar-refractivity contribution is 0.495. The molecule has 0 amide bonds. The van der Waals surface area contributed by atoms with Crippen LogP contribution in [0.2, 0.25) is 0 Å². The lowest BCUT2D eigenvalue weighted by Crippen LogP contribution is -2.44. The van der Waals surface area contributed by atoms with Gasteiger partial charge < -0.3 is 10.6 Å². The molecule has 0 unspecified atom stereocenters. The molecule has 1 aliphatic heterocycles. The van der Waals surface area contributed by atoms with Gasteiger partial charge in [0.2, 0.25) is 5.95 Å². The van der Waals surface area contributed by atoms with Gasteiger partial charge in [0.25, 0.3) is 5.56 Å². The number of rotatable bonds is 5. The van der Waals surface area contributed by atoms with Crippen LogP contribution in [0.5, 0.6) is 0 Å². The Hall–Kier alpha value is -3.79. The smallest absolute Gasteiger partial charge is 0.332 e. The fraction of sp³-hybridized carbons (Fsp3) is 0.360. The molecule has 0 aliphatic carbocycles. The molecule has 1 fully saturated rings. The van der Waals surface area contributed by atoms with Gasteiger partial charge in [-0.25, -0.2) is 9.18 Å². The summed E-state index contributed by atoms with van der Waals surface area (Å²) < 4.78 is 18.5. The first kappa shape index (κ1) is 23.0. The molecule has 3 aromatic heterocycles. The molecule has 4 aromatic rings. The number of halogens is 1.